The molecule has 0 radical (unpaired) electrons. The first-order valence-corrected chi connectivity index (χ1v) is 15.2. The van der Waals surface area contributed by atoms with Crippen LogP contribution in [-0.2, 0) is 4.57 Å². The van der Waals surface area contributed by atoms with Crippen LogP contribution in [0.4, 0.5) is 0 Å². The van der Waals surface area contributed by atoms with Crippen LogP contribution in [0, 0.1) is 0 Å². The molecule has 0 bridgehead atoms. The minimum Gasteiger partial charge on any atom is -0.307 e. The minimum absolute atomic E-state index is 0.0545. The molecule has 0 amide bonds. The van der Waals surface area contributed by atoms with Crippen LogP contribution in [-0.4, -0.2) is 17.2 Å². The molecular weight excluding hydrogens is 533 g/mol. The van der Waals surface area contributed by atoms with E-state index in [2.05, 4.69) is 6.92 Å². The van der Waals surface area contributed by atoms with Gasteiger partial charge in [-0.2, -0.15) is 0 Å². The second-order valence-corrected chi connectivity index (χ2v) is 12.8. The molecule has 0 spiro atoms. The Morgan fingerprint density at radius 2 is 0.941 bits per heavy atom. The number of carbonyl (C=O) groups excluding carboxylic acids is 2. The summed E-state index contributed by atoms with van der Waals surface area (Å²) in [5.41, 5.74) is -1.89. The average molecular weight is 564 g/mol. The molecule has 0 saturated carbocycles. The Labute approximate surface area is 222 Å². The summed E-state index contributed by atoms with van der Waals surface area (Å²) >= 11 is 24.9. The van der Waals surface area contributed by atoms with E-state index >= 15 is 0 Å². The third-order valence-electron chi connectivity index (χ3n) is 5.84. The van der Waals surface area contributed by atoms with Crippen molar-refractivity contribution in [2.45, 2.75) is 71.1 Å². The Kier molecular flexibility index (Phi) is 12.7. The minimum atomic E-state index is -4.14. The van der Waals surface area contributed by atoms with Crippen LogP contribution in [0.15, 0.2) is 36.4 Å². The van der Waals surface area contributed by atoms with Gasteiger partial charge < -0.3 is 4.57 Å². The molecule has 2 aromatic rings. The molecular formula is C26H31Cl4O3P. The first kappa shape index (κ1) is 29.4. The molecule has 0 heterocycles. The van der Waals surface area contributed by atoms with Gasteiger partial charge >= 0.3 is 0 Å². The summed E-state index contributed by atoms with van der Waals surface area (Å²) in [5.74, 6) is 0. The number of rotatable bonds is 15. The molecule has 8 heteroatoms. The molecule has 0 aromatic heterocycles. The van der Waals surface area contributed by atoms with E-state index in [1.165, 1.54) is 56.4 Å². The Morgan fingerprint density at radius 1 is 0.618 bits per heavy atom. The SMILES string of the molecule is CCCCCCCCCCCCP(=O)(C(=O)c1c(Cl)cccc1Cl)C(=O)c1c(Cl)cccc1Cl. The highest BCUT2D eigenvalue weighted by Crippen LogP contribution is 2.55. The summed E-state index contributed by atoms with van der Waals surface area (Å²) in [4.78, 5) is 27.0. The van der Waals surface area contributed by atoms with Crippen molar-refractivity contribution in [2.24, 2.45) is 0 Å². The van der Waals surface area contributed by atoms with Gasteiger partial charge in [0, 0.05) is 6.16 Å². The number of hydrogen-bond acceptors (Lipinski definition) is 3. The van der Waals surface area contributed by atoms with Crippen molar-refractivity contribution in [3.63, 3.8) is 0 Å². The van der Waals surface area contributed by atoms with E-state index in [0.717, 1.165) is 25.7 Å². The molecule has 0 aliphatic heterocycles. The van der Waals surface area contributed by atoms with Crippen LogP contribution in [0.2, 0.25) is 20.1 Å². The fraction of sp³-hybridized carbons (Fsp3) is 0.462. The average Bonchev–Trinajstić information content (AvgIpc) is 2.79. The van der Waals surface area contributed by atoms with E-state index in [4.69, 9.17) is 46.4 Å². The van der Waals surface area contributed by atoms with Crippen molar-refractivity contribution in [2.75, 3.05) is 6.16 Å². The van der Waals surface area contributed by atoms with E-state index < -0.39 is 18.2 Å². The quantitative estimate of drug-likeness (QED) is 0.160. The highest BCUT2D eigenvalue weighted by atomic mass is 35.5. The zero-order chi connectivity index (χ0) is 25.1. The first-order chi connectivity index (χ1) is 16.2. The maximum atomic E-state index is 14.1. The molecule has 3 nitrogen and oxygen atoms in total. The summed E-state index contributed by atoms with van der Waals surface area (Å²) in [6.07, 6.45) is 10.6. The molecule has 186 valence electrons. The fourth-order valence-corrected chi connectivity index (χ4v) is 7.75. The predicted molar refractivity (Wildman–Crippen MR) is 146 cm³/mol. The van der Waals surface area contributed by atoms with E-state index in [1.54, 1.807) is 12.1 Å². The van der Waals surface area contributed by atoms with Crippen molar-refractivity contribution in [3.05, 3.63) is 67.6 Å². The van der Waals surface area contributed by atoms with Gasteiger partial charge in [-0.25, -0.2) is 0 Å². The number of hydrogen-bond donors (Lipinski definition) is 0. The lowest BCUT2D eigenvalue weighted by Gasteiger charge is -2.19. The van der Waals surface area contributed by atoms with Gasteiger partial charge in [-0.15, -0.1) is 0 Å². The van der Waals surface area contributed by atoms with Crippen molar-refractivity contribution >= 4 is 64.6 Å². The van der Waals surface area contributed by atoms with Crippen molar-refractivity contribution in [1.29, 1.82) is 0 Å². The molecule has 0 unspecified atom stereocenters. The highest BCUT2D eigenvalue weighted by Gasteiger charge is 2.43. The van der Waals surface area contributed by atoms with E-state index in [1.807, 2.05) is 0 Å². The Morgan fingerprint density at radius 3 is 1.29 bits per heavy atom. The van der Waals surface area contributed by atoms with Crippen LogP contribution in [0.1, 0.15) is 91.8 Å². The molecule has 2 aromatic carbocycles. The van der Waals surface area contributed by atoms with Gasteiger partial charge in [0.2, 0.25) is 18.2 Å². The number of unbranched alkanes of at least 4 members (excludes halogenated alkanes) is 9. The van der Waals surface area contributed by atoms with Gasteiger partial charge in [0.05, 0.1) is 31.2 Å². The van der Waals surface area contributed by atoms with E-state index in [0.29, 0.717) is 6.42 Å². The maximum Gasteiger partial charge on any atom is 0.231 e. The first-order valence-electron chi connectivity index (χ1n) is 11.8. The second-order valence-electron chi connectivity index (χ2n) is 8.45. The van der Waals surface area contributed by atoms with Crippen LogP contribution in [0.25, 0.3) is 0 Å². The normalized spacial score (nSPS) is 11.6. The molecule has 0 aliphatic rings. The lowest BCUT2D eigenvalue weighted by atomic mass is 10.1. The van der Waals surface area contributed by atoms with Gasteiger partial charge in [-0.05, 0) is 30.7 Å². The lowest BCUT2D eigenvalue weighted by Crippen LogP contribution is -2.15. The van der Waals surface area contributed by atoms with Crippen LogP contribution < -0.4 is 0 Å². The summed E-state index contributed by atoms with van der Waals surface area (Å²) in [7, 11) is -4.14. The van der Waals surface area contributed by atoms with Gasteiger partial charge in [-0.1, -0.05) is 123 Å². The standard InChI is InChI=1S/C26H31Cl4O3P/c1-2-3-4-5-6-7-8-9-10-11-18-34(33,25(31)23-19(27)14-12-15-20(23)28)26(32)24-21(29)16-13-17-22(24)30/h12-17H,2-11,18H2,1H3. The van der Waals surface area contributed by atoms with Gasteiger partial charge in [-0.3, -0.25) is 9.59 Å². The third-order valence-corrected chi connectivity index (χ3v) is 9.80. The molecule has 0 aliphatic carbocycles. The van der Waals surface area contributed by atoms with E-state index in [-0.39, 0.29) is 37.4 Å². The summed E-state index contributed by atoms with van der Waals surface area (Å²) in [6.45, 7) is 2.20. The van der Waals surface area contributed by atoms with Crippen molar-refractivity contribution < 1.29 is 14.2 Å². The summed E-state index contributed by atoms with van der Waals surface area (Å²) < 4.78 is 14.1. The molecule has 2 rings (SSSR count). The van der Waals surface area contributed by atoms with Gasteiger partial charge in [0.15, 0.2) is 0 Å². The fourth-order valence-electron chi connectivity index (χ4n) is 3.88. The zero-order valence-corrected chi connectivity index (χ0v) is 23.3. The Bertz CT molecular complexity index is 931. The molecule has 0 atom stereocenters. The number of halogens is 4. The predicted octanol–water partition coefficient (Wildman–Crippen LogP) is 10.6. The van der Waals surface area contributed by atoms with Crippen molar-refractivity contribution in [1.82, 2.24) is 0 Å². The molecule has 0 fully saturated rings. The topological polar surface area (TPSA) is 51.2 Å². The number of carbonyl (C=O) groups is 2. The second kappa shape index (κ2) is 14.7. The molecule has 34 heavy (non-hydrogen) atoms. The largest absolute Gasteiger partial charge is 0.307 e. The smallest absolute Gasteiger partial charge is 0.231 e. The molecule has 0 N–H and O–H groups in total. The monoisotopic (exact) mass is 562 g/mol. The van der Waals surface area contributed by atoms with Crippen LogP contribution >= 0.6 is 53.5 Å². The van der Waals surface area contributed by atoms with E-state index in [9.17, 15) is 14.2 Å². The Hall–Kier alpha value is -0.830. The van der Waals surface area contributed by atoms with Gasteiger partial charge in [0.1, 0.15) is 0 Å². The highest BCUT2D eigenvalue weighted by molar-refractivity contribution is 7.95. The summed E-state index contributed by atoms with van der Waals surface area (Å²) in [6, 6.07) is 9.11. The van der Waals surface area contributed by atoms with Gasteiger partial charge in [0.25, 0.3) is 0 Å². The molecule has 0 saturated heterocycles. The summed E-state index contributed by atoms with van der Waals surface area (Å²) in [5, 5.41) is 0.218. The Balaban J connectivity index is 2.16. The lowest BCUT2D eigenvalue weighted by molar-refractivity contribution is 0.103. The van der Waals surface area contributed by atoms with Crippen LogP contribution in [0.5, 0.6) is 0 Å². The zero-order valence-electron chi connectivity index (χ0n) is 19.4. The number of benzene rings is 2. The van der Waals surface area contributed by atoms with Crippen LogP contribution in [0.3, 0.4) is 0 Å². The van der Waals surface area contributed by atoms with Crippen molar-refractivity contribution in [3.8, 4) is 0 Å². The third kappa shape index (κ3) is 7.84. The maximum absolute atomic E-state index is 14.1.